The number of alkyl halides is 1. The fourth-order valence-corrected chi connectivity index (χ4v) is 3.30. The molecule has 3 rings (SSSR count). The lowest BCUT2D eigenvalue weighted by atomic mass is 9.96. The highest BCUT2D eigenvalue weighted by molar-refractivity contribution is 5.97. The number of allylic oxidation sites excluding steroid dienone is 3. The molecule has 1 amide bonds. The van der Waals surface area contributed by atoms with E-state index in [0.29, 0.717) is 12.3 Å². The first-order valence-electron chi connectivity index (χ1n) is 10.3. The fraction of sp³-hybridized carbons (Fsp3) is 0.348. The lowest BCUT2D eigenvalue weighted by Crippen LogP contribution is -2.36. The third kappa shape index (κ3) is 5.28. The molecule has 1 atom stereocenters. The molecule has 0 saturated carbocycles. The minimum Gasteiger partial charge on any atom is -0.449 e. The molecule has 1 heterocycles. The molecule has 1 aliphatic carbocycles. The number of carbonyl (C=O) groups is 1. The summed E-state index contributed by atoms with van der Waals surface area (Å²) < 4.78 is 40.2. The molecule has 1 aliphatic rings. The topological polar surface area (TPSA) is 90.6 Å². The smallest absolute Gasteiger partial charge is 0.266 e. The molecule has 0 spiro atoms. The van der Waals surface area contributed by atoms with Crippen molar-refractivity contribution in [3.63, 3.8) is 0 Å². The fourth-order valence-electron chi connectivity index (χ4n) is 3.30. The number of ether oxygens (including phenoxy) is 2. The maximum atomic E-state index is 14.6. The molecular weight excluding hydrogens is 418 g/mol. The van der Waals surface area contributed by atoms with Gasteiger partial charge in [0.1, 0.15) is 29.3 Å². The SMILES string of the molecule is CCN(C(=O)c1cc(F)ccc1Oc1cncnc1OC1=CC=CC(F)(CN)C1)C(C)C. The molecule has 32 heavy (non-hydrogen) atoms. The first-order chi connectivity index (χ1) is 15.3. The Morgan fingerprint density at radius 2 is 2.09 bits per heavy atom. The van der Waals surface area contributed by atoms with E-state index in [1.54, 1.807) is 11.0 Å². The van der Waals surface area contributed by atoms with Gasteiger partial charge in [-0.3, -0.25) is 4.79 Å². The largest absolute Gasteiger partial charge is 0.449 e. The second kappa shape index (κ2) is 9.86. The zero-order chi connectivity index (χ0) is 23.3. The van der Waals surface area contributed by atoms with Gasteiger partial charge in [0.05, 0.1) is 11.8 Å². The zero-order valence-corrected chi connectivity index (χ0v) is 18.2. The van der Waals surface area contributed by atoms with E-state index in [1.165, 1.54) is 36.8 Å². The molecule has 1 unspecified atom stereocenters. The monoisotopic (exact) mass is 444 g/mol. The van der Waals surface area contributed by atoms with Crippen molar-refractivity contribution in [2.75, 3.05) is 13.1 Å². The highest BCUT2D eigenvalue weighted by atomic mass is 19.1. The van der Waals surface area contributed by atoms with Crippen LogP contribution in [0.1, 0.15) is 37.6 Å². The van der Waals surface area contributed by atoms with Crippen molar-refractivity contribution in [1.29, 1.82) is 0 Å². The van der Waals surface area contributed by atoms with Crippen LogP contribution in [0.3, 0.4) is 0 Å². The second-order valence-corrected chi connectivity index (χ2v) is 7.63. The second-order valence-electron chi connectivity index (χ2n) is 7.63. The number of nitrogens with zero attached hydrogens (tertiary/aromatic N) is 3. The van der Waals surface area contributed by atoms with Gasteiger partial charge in [0, 0.05) is 25.6 Å². The van der Waals surface area contributed by atoms with E-state index >= 15 is 0 Å². The van der Waals surface area contributed by atoms with E-state index in [4.69, 9.17) is 15.2 Å². The van der Waals surface area contributed by atoms with Gasteiger partial charge >= 0.3 is 0 Å². The van der Waals surface area contributed by atoms with Crippen LogP contribution in [0.15, 0.2) is 54.7 Å². The quantitative estimate of drug-likeness (QED) is 0.657. The lowest BCUT2D eigenvalue weighted by Gasteiger charge is -2.26. The van der Waals surface area contributed by atoms with E-state index in [2.05, 4.69) is 9.97 Å². The summed E-state index contributed by atoms with van der Waals surface area (Å²) in [5.41, 5.74) is 3.86. The van der Waals surface area contributed by atoms with Crippen LogP contribution in [0, 0.1) is 5.82 Å². The summed E-state index contributed by atoms with van der Waals surface area (Å²) >= 11 is 0. The van der Waals surface area contributed by atoms with E-state index in [0.717, 1.165) is 6.07 Å². The predicted octanol–water partition coefficient (Wildman–Crippen LogP) is 4.17. The number of aromatic nitrogens is 2. The van der Waals surface area contributed by atoms with Crippen LogP contribution in [0.2, 0.25) is 0 Å². The summed E-state index contributed by atoms with van der Waals surface area (Å²) in [7, 11) is 0. The molecule has 2 N–H and O–H groups in total. The molecule has 7 nitrogen and oxygen atoms in total. The van der Waals surface area contributed by atoms with Gasteiger partial charge in [0.2, 0.25) is 5.75 Å². The highest BCUT2D eigenvalue weighted by Crippen LogP contribution is 2.35. The van der Waals surface area contributed by atoms with Crippen molar-refractivity contribution in [1.82, 2.24) is 14.9 Å². The Bertz CT molecular complexity index is 1040. The van der Waals surface area contributed by atoms with Crippen molar-refractivity contribution in [3.8, 4) is 17.4 Å². The Balaban J connectivity index is 1.90. The Morgan fingerprint density at radius 1 is 1.31 bits per heavy atom. The van der Waals surface area contributed by atoms with Gasteiger partial charge in [0.25, 0.3) is 11.8 Å². The van der Waals surface area contributed by atoms with Crippen LogP contribution in [-0.4, -0.2) is 45.6 Å². The average molecular weight is 444 g/mol. The van der Waals surface area contributed by atoms with Crippen LogP contribution in [0.4, 0.5) is 8.78 Å². The molecule has 1 aromatic carbocycles. The average Bonchev–Trinajstić information content (AvgIpc) is 2.76. The van der Waals surface area contributed by atoms with Gasteiger partial charge in [-0.1, -0.05) is 6.08 Å². The number of amides is 1. The molecule has 1 aromatic heterocycles. The summed E-state index contributed by atoms with van der Waals surface area (Å²) in [4.78, 5) is 22.6. The van der Waals surface area contributed by atoms with Crippen molar-refractivity contribution in [2.45, 2.75) is 38.9 Å². The number of hydrogen-bond donors (Lipinski definition) is 1. The van der Waals surface area contributed by atoms with E-state index in [-0.39, 0.29) is 47.9 Å². The summed E-state index contributed by atoms with van der Waals surface area (Å²) in [5, 5.41) is 0. The van der Waals surface area contributed by atoms with Gasteiger partial charge in [-0.05, 0) is 51.1 Å². The summed E-state index contributed by atoms with van der Waals surface area (Å²) in [6.07, 6.45) is 7.04. The van der Waals surface area contributed by atoms with Gasteiger partial charge in [-0.2, -0.15) is 4.98 Å². The van der Waals surface area contributed by atoms with Gasteiger partial charge in [-0.25, -0.2) is 13.8 Å². The molecule has 0 aliphatic heterocycles. The van der Waals surface area contributed by atoms with Crippen molar-refractivity contribution >= 4 is 5.91 Å². The van der Waals surface area contributed by atoms with Gasteiger partial charge in [0.15, 0.2) is 0 Å². The Hall–Kier alpha value is -3.33. The molecule has 0 bridgehead atoms. The van der Waals surface area contributed by atoms with Crippen LogP contribution in [-0.2, 0) is 0 Å². The van der Waals surface area contributed by atoms with E-state index in [1.807, 2.05) is 20.8 Å². The molecule has 170 valence electrons. The van der Waals surface area contributed by atoms with E-state index < -0.39 is 11.5 Å². The number of benzene rings is 1. The van der Waals surface area contributed by atoms with Crippen LogP contribution < -0.4 is 15.2 Å². The Kier molecular flexibility index (Phi) is 7.19. The third-order valence-corrected chi connectivity index (χ3v) is 4.97. The summed E-state index contributed by atoms with van der Waals surface area (Å²) in [6, 6.07) is 3.59. The van der Waals surface area contributed by atoms with Crippen molar-refractivity contribution in [3.05, 3.63) is 66.1 Å². The number of carbonyl (C=O) groups excluding carboxylic acids is 1. The minimum absolute atomic E-state index is 0.0276. The first-order valence-corrected chi connectivity index (χ1v) is 10.3. The molecule has 9 heteroatoms. The predicted molar refractivity (Wildman–Crippen MR) is 116 cm³/mol. The third-order valence-electron chi connectivity index (χ3n) is 4.97. The number of rotatable bonds is 8. The highest BCUT2D eigenvalue weighted by Gasteiger charge is 2.30. The maximum Gasteiger partial charge on any atom is 0.266 e. The molecule has 0 fully saturated rings. The molecule has 0 radical (unpaired) electrons. The number of hydrogen-bond acceptors (Lipinski definition) is 6. The minimum atomic E-state index is -1.71. The van der Waals surface area contributed by atoms with Gasteiger partial charge < -0.3 is 20.1 Å². The lowest BCUT2D eigenvalue weighted by molar-refractivity contribution is 0.0713. The standard InChI is InChI=1S/C23H26F2N4O3/c1-4-29(15(2)3)22(30)18-10-16(24)7-8-19(18)32-20-12-27-14-28-21(20)31-17-6-5-9-23(25,11-17)13-26/h5-10,12,14-15H,4,11,13,26H2,1-3H3. The van der Waals surface area contributed by atoms with Crippen LogP contribution in [0.5, 0.6) is 17.4 Å². The Morgan fingerprint density at radius 3 is 2.78 bits per heavy atom. The molecule has 0 saturated heterocycles. The molecular formula is C23H26F2N4O3. The molecule has 2 aromatic rings. The summed E-state index contributed by atoms with van der Waals surface area (Å²) in [6.45, 7) is 5.84. The Labute approximate surface area is 185 Å². The van der Waals surface area contributed by atoms with E-state index in [9.17, 15) is 13.6 Å². The van der Waals surface area contributed by atoms with Crippen LogP contribution >= 0.6 is 0 Å². The summed E-state index contributed by atoms with van der Waals surface area (Å²) in [5.74, 6) is -0.401. The first kappa shape index (κ1) is 23.3. The van der Waals surface area contributed by atoms with Crippen LogP contribution in [0.25, 0.3) is 0 Å². The normalized spacial score (nSPS) is 17.8. The number of nitrogens with two attached hydrogens (primary N) is 1. The van der Waals surface area contributed by atoms with Gasteiger partial charge in [-0.15, -0.1) is 0 Å². The van der Waals surface area contributed by atoms with Crippen molar-refractivity contribution in [2.24, 2.45) is 5.73 Å². The number of halogens is 2. The zero-order valence-electron chi connectivity index (χ0n) is 18.2. The van der Waals surface area contributed by atoms with Crippen molar-refractivity contribution < 1.29 is 23.0 Å². The maximum absolute atomic E-state index is 14.6.